The van der Waals surface area contributed by atoms with Gasteiger partial charge in [0.2, 0.25) is 0 Å². The molecule has 0 radical (unpaired) electrons. The molecule has 1 aromatic rings. The SMILES string of the molecule is N/C(=N/O)c1ccc(C(=O)NC2CC3CCC2O3)cc1. The van der Waals surface area contributed by atoms with Crippen molar-refractivity contribution in [3.63, 3.8) is 0 Å². The van der Waals surface area contributed by atoms with E-state index >= 15 is 0 Å². The lowest BCUT2D eigenvalue weighted by Gasteiger charge is -2.20. The molecule has 6 nitrogen and oxygen atoms in total. The standard InChI is InChI=1S/C14H17N3O3/c15-13(17-19)8-1-3-9(4-2-8)14(18)16-11-7-10-5-6-12(11)20-10/h1-4,10-12,19H,5-7H2,(H2,15,17)(H,16,18). The Hall–Kier alpha value is -2.08. The molecule has 3 unspecified atom stereocenters. The fourth-order valence-electron chi connectivity index (χ4n) is 2.89. The maximum atomic E-state index is 12.2. The number of fused-ring (bicyclic) bond motifs is 2. The smallest absolute Gasteiger partial charge is 0.251 e. The fourth-order valence-corrected chi connectivity index (χ4v) is 2.89. The van der Waals surface area contributed by atoms with E-state index in [9.17, 15) is 4.79 Å². The Bertz CT molecular complexity index is 541. The van der Waals surface area contributed by atoms with Gasteiger partial charge in [-0.2, -0.15) is 0 Å². The van der Waals surface area contributed by atoms with E-state index < -0.39 is 0 Å². The molecule has 0 spiro atoms. The largest absolute Gasteiger partial charge is 0.409 e. The quantitative estimate of drug-likeness (QED) is 0.329. The summed E-state index contributed by atoms with van der Waals surface area (Å²) in [6.45, 7) is 0. The van der Waals surface area contributed by atoms with Crippen LogP contribution in [0.25, 0.3) is 0 Å². The molecule has 3 rings (SSSR count). The second-order valence-corrected chi connectivity index (χ2v) is 5.25. The summed E-state index contributed by atoms with van der Waals surface area (Å²) in [6.07, 6.45) is 3.51. The van der Waals surface area contributed by atoms with Gasteiger partial charge in [-0.3, -0.25) is 4.79 Å². The van der Waals surface area contributed by atoms with Gasteiger partial charge in [-0.15, -0.1) is 0 Å². The number of benzene rings is 1. The Balaban J connectivity index is 1.65. The molecule has 0 aromatic heterocycles. The first-order chi connectivity index (χ1) is 9.67. The van der Waals surface area contributed by atoms with Crippen molar-refractivity contribution in [1.29, 1.82) is 0 Å². The van der Waals surface area contributed by atoms with E-state index in [-0.39, 0.29) is 23.9 Å². The lowest BCUT2D eigenvalue weighted by molar-refractivity contribution is 0.0841. The number of hydrogen-bond donors (Lipinski definition) is 3. The molecule has 2 aliphatic rings. The molecule has 20 heavy (non-hydrogen) atoms. The number of carbonyl (C=O) groups is 1. The predicted molar refractivity (Wildman–Crippen MR) is 72.7 cm³/mol. The van der Waals surface area contributed by atoms with Crippen molar-refractivity contribution in [3.8, 4) is 0 Å². The normalized spacial score (nSPS) is 28.6. The molecule has 2 fully saturated rings. The zero-order valence-corrected chi connectivity index (χ0v) is 11.0. The number of ether oxygens (including phenoxy) is 1. The second-order valence-electron chi connectivity index (χ2n) is 5.25. The van der Waals surface area contributed by atoms with Crippen LogP contribution >= 0.6 is 0 Å². The number of nitrogens with one attached hydrogen (secondary N) is 1. The van der Waals surface area contributed by atoms with Crippen LogP contribution in [-0.4, -0.2) is 35.2 Å². The van der Waals surface area contributed by atoms with Crippen LogP contribution in [0.15, 0.2) is 29.4 Å². The molecule has 4 N–H and O–H groups in total. The van der Waals surface area contributed by atoms with Crippen LogP contribution in [0.4, 0.5) is 0 Å². The molecule has 1 aromatic carbocycles. The lowest BCUT2D eigenvalue weighted by Crippen LogP contribution is -2.41. The van der Waals surface area contributed by atoms with Gasteiger partial charge in [-0.05, 0) is 31.4 Å². The average Bonchev–Trinajstić information content (AvgIpc) is 3.09. The van der Waals surface area contributed by atoms with E-state index in [4.69, 9.17) is 15.7 Å². The predicted octanol–water partition coefficient (Wildman–Crippen LogP) is 0.831. The van der Waals surface area contributed by atoms with Gasteiger partial charge in [0, 0.05) is 11.1 Å². The molecule has 106 valence electrons. The van der Waals surface area contributed by atoms with Gasteiger partial charge >= 0.3 is 0 Å². The van der Waals surface area contributed by atoms with Gasteiger partial charge in [-0.25, -0.2) is 0 Å². The monoisotopic (exact) mass is 275 g/mol. The van der Waals surface area contributed by atoms with Crippen molar-refractivity contribution in [2.24, 2.45) is 10.9 Å². The van der Waals surface area contributed by atoms with Crippen LogP contribution in [0.5, 0.6) is 0 Å². The van der Waals surface area contributed by atoms with E-state index in [0.29, 0.717) is 17.2 Å². The summed E-state index contributed by atoms with van der Waals surface area (Å²) in [5.74, 6) is -0.0873. The summed E-state index contributed by atoms with van der Waals surface area (Å²) in [5.41, 5.74) is 6.61. The zero-order chi connectivity index (χ0) is 14.1. The molecule has 2 heterocycles. The van der Waals surface area contributed by atoms with E-state index in [1.54, 1.807) is 24.3 Å². The molecule has 0 aliphatic carbocycles. The molecule has 3 atom stereocenters. The topological polar surface area (TPSA) is 96.9 Å². The van der Waals surface area contributed by atoms with Gasteiger partial charge in [0.25, 0.3) is 5.91 Å². The fraction of sp³-hybridized carbons (Fsp3) is 0.429. The van der Waals surface area contributed by atoms with Crippen LogP contribution in [0.2, 0.25) is 0 Å². The summed E-state index contributed by atoms with van der Waals surface area (Å²) < 4.78 is 5.71. The molecule has 2 bridgehead atoms. The average molecular weight is 275 g/mol. The first kappa shape index (κ1) is 12.9. The third-order valence-electron chi connectivity index (χ3n) is 3.97. The highest BCUT2D eigenvalue weighted by Crippen LogP contribution is 2.34. The summed E-state index contributed by atoms with van der Waals surface area (Å²) in [5, 5.41) is 14.5. The van der Waals surface area contributed by atoms with Gasteiger partial charge < -0.3 is 21.0 Å². The first-order valence-corrected chi connectivity index (χ1v) is 6.71. The van der Waals surface area contributed by atoms with Crippen molar-refractivity contribution in [1.82, 2.24) is 5.32 Å². The highest BCUT2D eigenvalue weighted by molar-refractivity contribution is 5.99. The van der Waals surface area contributed by atoms with Crippen LogP contribution in [-0.2, 0) is 4.74 Å². The van der Waals surface area contributed by atoms with Crippen LogP contribution in [0, 0.1) is 0 Å². The molecule has 2 aliphatic heterocycles. The number of oxime groups is 1. The molecule has 2 saturated heterocycles. The number of amides is 1. The van der Waals surface area contributed by atoms with E-state index in [2.05, 4.69) is 10.5 Å². The number of hydrogen-bond acceptors (Lipinski definition) is 4. The summed E-state index contributed by atoms with van der Waals surface area (Å²) >= 11 is 0. The van der Waals surface area contributed by atoms with Crippen molar-refractivity contribution < 1.29 is 14.7 Å². The number of carbonyl (C=O) groups excluding carboxylic acids is 1. The van der Waals surface area contributed by atoms with E-state index in [1.807, 2.05) is 0 Å². The maximum Gasteiger partial charge on any atom is 0.251 e. The van der Waals surface area contributed by atoms with Gasteiger partial charge in [0.15, 0.2) is 5.84 Å². The minimum Gasteiger partial charge on any atom is -0.409 e. The third-order valence-corrected chi connectivity index (χ3v) is 3.97. The molecular weight excluding hydrogens is 258 g/mol. The Kier molecular flexibility index (Phi) is 3.31. The maximum absolute atomic E-state index is 12.2. The first-order valence-electron chi connectivity index (χ1n) is 6.71. The highest BCUT2D eigenvalue weighted by atomic mass is 16.5. The molecule has 6 heteroatoms. The third kappa shape index (κ3) is 2.34. The number of rotatable bonds is 3. The van der Waals surface area contributed by atoms with Crippen molar-refractivity contribution in [3.05, 3.63) is 35.4 Å². The van der Waals surface area contributed by atoms with Crippen molar-refractivity contribution >= 4 is 11.7 Å². The van der Waals surface area contributed by atoms with Crippen molar-refractivity contribution in [2.75, 3.05) is 0 Å². The van der Waals surface area contributed by atoms with E-state index in [1.165, 1.54) is 0 Å². The summed E-state index contributed by atoms with van der Waals surface area (Å²) in [7, 11) is 0. The number of nitrogens with two attached hydrogens (primary N) is 1. The Morgan fingerprint density at radius 1 is 1.30 bits per heavy atom. The number of amidine groups is 1. The van der Waals surface area contributed by atoms with Crippen LogP contribution in [0.3, 0.4) is 0 Å². The lowest BCUT2D eigenvalue weighted by atomic mass is 9.95. The Labute approximate surface area is 116 Å². The minimum absolute atomic E-state index is 0.0264. The Morgan fingerprint density at radius 2 is 2.00 bits per heavy atom. The van der Waals surface area contributed by atoms with Gasteiger partial charge in [0.05, 0.1) is 18.2 Å². The molecular formula is C14H17N3O3. The number of nitrogens with zero attached hydrogens (tertiary/aromatic N) is 1. The highest BCUT2D eigenvalue weighted by Gasteiger charge is 2.41. The zero-order valence-electron chi connectivity index (χ0n) is 11.0. The van der Waals surface area contributed by atoms with Gasteiger partial charge in [-0.1, -0.05) is 17.3 Å². The van der Waals surface area contributed by atoms with Crippen LogP contribution in [0.1, 0.15) is 35.2 Å². The minimum atomic E-state index is -0.114. The van der Waals surface area contributed by atoms with Gasteiger partial charge in [0.1, 0.15) is 0 Å². The van der Waals surface area contributed by atoms with Crippen LogP contribution < -0.4 is 11.1 Å². The second kappa shape index (κ2) is 5.13. The molecule has 0 saturated carbocycles. The van der Waals surface area contributed by atoms with Crippen molar-refractivity contribution in [2.45, 2.75) is 37.5 Å². The van der Waals surface area contributed by atoms with E-state index in [0.717, 1.165) is 19.3 Å². The summed E-state index contributed by atoms with van der Waals surface area (Å²) in [4.78, 5) is 12.2. The summed E-state index contributed by atoms with van der Waals surface area (Å²) in [6, 6.07) is 6.75. The Morgan fingerprint density at radius 3 is 2.55 bits per heavy atom. The molecule has 1 amide bonds.